The Morgan fingerprint density at radius 1 is 0.750 bits per heavy atom. The van der Waals surface area contributed by atoms with Crippen molar-refractivity contribution in [3.8, 4) is 0 Å². The van der Waals surface area contributed by atoms with E-state index in [4.69, 9.17) is 9.47 Å². The molecule has 0 rings (SSSR count). The minimum Gasteiger partial charge on any atom is -0.351 e. The molecule has 0 aliphatic rings. The maximum Gasteiger partial charge on any atom is 0.165 e. The van der Waals surface area contributed by atoms with Crippen LogP contribution in [-0.2, 0) is 9.47 Å². The molecule has 0 N–H and O–H groups in total. The highest BCUT2D eigenvalue weighted by molar-refractivity contribution is 4.63. The van der Waals surface area contributed by atoms with E-state index in [1.807, 2.05) is 13.8 Å². The molecule has 0 aliphatic carbocycles. The highest BCUT2D eigenvalue weighted by Gasteiger charge is 2.23. The lowest BCUT2D eigenvalue weighted by atomic mass is 10.1. The van der Waals surface area contributed by atoms with Crippen molar-refractivity contribution < 1.29 is 9.47 Å². The Morgan fingerprint density at radius 3 is 1.75 bits per heavy atom. The lowest BCUT2D eigenvalue weighted by molar-refractivity contribution is -0.225. The first-order valence-corrected chi connectivity index (χ1v) is 6.96. The highest BCUT2D eigenvalue weighted by atomic mass is 16.7. The Bertz CT molecular complexity index is 140. The second kappa shape index (κ2) is 10.1. The molecule has 0 unspecified atom stereocenters. The molecule has 0 aromatic carbocycles. The van der Waals surface area contributed by atoms with Crippen LogP contribution in [0.5, 0.6) is 0 Å². The van der Waals surface area contributed by atoms with E-state index in [1.165, 1.54) is 38.5 Å². The zero-order chi connectivity index (χ0) is 12.3. The zero-order valence-corrected chi connectivity index (χ0v) is 11.7. The lowest BCUT2D eigenvalue weighted by Gasteiger charge is -2.29. The van der Waals surface area contributed by atoms with E-state index in [0.717, 1.165) is 19.6 Å². The molecule has 0 saturated carbocycles. The van der Waals surface area contributed by atoms with E-state index in [0.29, 0.717) is 0 Å². The van der Waals surface area contributed by atoms with E-state index < -0.39 is 0 Å². The fourth-order valence-corrected chi connectivity index (χ4v) is 2.02. The van der Waals surface area contributed by atoms with Crippen LogP contribution in [0.4, 0.5) is 0 Å². The molecule has 2 nitrogen and oxygen atoms in total. The Morgan fingerprint density at radius 2 is 1.25 bits per heavy atom. The molecular weight excluding hydrogens is 200 g/mol. The van der Waals surface area contributed by atoms with Gasteiger partial charge in [-0.1, -0.05) is 39.0 Å². The summed E-state index contributed by atoms with van der Waals surface area (Å²) in [5, 5.41) is 0. The first-order valence-electron chi connectivity index (χ1n) is 6.96. The van der Waals surface area contributed by atoms with Gasteiger partial charge in [-0.05, 0) is 27.2 Å². The van der Waals surface area contributed by atoms with Crippen molar-refractivity contribution in [1.82, 2.24) is 0 Å². The van der Waals surface area contributed by atoms with Crippen molar-refractivity contribution in [2.45, 2.75) is 78.4 Å². The van der Waals surface area contributed by atoms with Gasteiger partial charge in [-0.25, -0.2) is 0 Å². The zero-order valence-electron chi connectivity index (χ0n) is 11.7. The van der Waals surface area contributed by atoms with Gasteiger partial charge in [0, 0.05) is 19.6 Å². The summed E-state index contributed by atoms with van der Waals surface area (Å²) in [5.74, 6) is -0.353. The fourth-order valence-electron chi connectivity index (χ4n) is 2.02. The molecule has 98 valence electrons. The summed E-state index contributed by atoms with van der Waals surface area (Å²) in [7, 11) is 0. The molecule has 16 heavy (non-hydrogen) atoms. The summed E-state index contributed by atoms with van der Waals surface area (Å²) in [6.07, 6.45) is 8.93. The molecule has 0 aromatic rings. The van der Waals surface area contributed by atoms with Gasteiger partial charge in [-0.3, -0.25) is 0 Å². The Balaban J connectivity index is 3.59. The standard InChI is InChI=1S/C14H30O2/c1-5-8-9-10-11-12-13-14(4,15-6-2)16-7-3/h5-13H2,1-4H3. The van der Waals surface area contributed by atoms with Gasteiger partial charge in [0.15, 0.2) is 5.79 Å². The van der Waals surface area contributed by atoms with Crippen LogP contribution in [0.25, 0.3) is 0 Å². The molecule has 0 bridgehead atoms. The number of ether oxygens (including phenoxy) is 2. The average molecular weight is 230 g/mol. The van der Waals surface area contributed by atoms with Crippen molar-refractivity contribution in [2.75, 3.05) is 13.2 Å². The summed E-state index contributed by atoms with van der Waals surface area (Å²) < 4.78 is 11.4. The molecule has 0 atom stereocenters. The van der Waals surface area contributed by atoms with E-state index in [-0.39, 0.29) is 5.79 Å². The van der Waals surface area contributed by atoms with E-state index in [9.17, 15) is 0 Å². The molecule has 0 aliphatic heterocycles. The predicted molar refractivity (Wildman–Crippen MR) is 69.7 cm³/mol. The van der Waals surface area contributed by atoms with Crippen LogP contribution in [0.3, 0.4) is 0 Å². The summed E-state index contributed by atoms with van der Waals surface area (Å²) in [6, 6.07) is 0. The SMILES string of the molecule is CCCCCCCCC(C)(OCC)OCC. The molecular formula is C14H30O2. The number of rotatable bonds is 11. The molecule has 0 spiro atoms. The molecule has 0 amide bonds. The predicted octanol–water partition coefficient (Wildman–Crippen LogP) is 4.53. The molecule has 0 aromatic heterocycles. The third kappa shape index (κ3) is 8.12. The van der Waals surface area contributed by atoms with Gasteiger partial charge in [-0.15, -0.1) is 0 Å². The Kier molecular flexibility index (Phi) is 10.0. The summed E-state index contributed by atoms with van der Waals surface area (Å²) in [4.78, 5) is 0. The molecule has 2 heteroatoms. The second-order valence-electron chi connectivity index (χ2n) is 4.52. The van der Waals surface area contributed by atoms with Crippen LogP contribution < -0.4 is 0 Å². The fraction of sp³-hybridized carbons (Fsp3) is 1.00. The first kappa shape index (κ1) is 15.9. The molecule has 0 radical (unpaired) electrons. The van der Waals surface area contributed by atoms with Crippen LogP contribution >= 0.6 is 0 Å². The molecule has 0 heterocycles. The topological polar surface area (TPSA) is 18.5 Å². The van der Waals surface area contributed by atoms with Gasteiger partial charge in [0.25, 0.3) is 0 Å². The number of hydrogen-bond acceptors (Lipinski definition) is 2. The van der Waals surface area contributed by atoms with Gasteiger partial charge in [0.1, 0.15) is 0 Å². The summed E-state index contributed by atoms with van der Waals surface area (Å²) in [6.45, 7) is 9.82. The van der Waals surface area contributed by atoms with E-state index in [1.54, 1.807) is 0 Å². The number of unbranched alkanes of at least 4 members (excludes halogenated alkanes) is 5. The van der Waals surface area contributed by atoms with Gasteiger partial charge in [0.2, 0.25) is 0 Å². The quantitative estimate of drug-likeness (QED) is 0.383. The Labute approximate surface area is 102 Å². The van der Waals surface area contributed by atoms with Crippen LogP contribution in [0.2, 0.25) is 0 Å². The van der Waals surface area contributed by atoms with Crippen molar-refractivity contribution in [2.24, 2.45) is 0 Å². The summed E-state index contributed by atoms with van der Waals surface area (Å²) in [5.41, 5.74) is 0. The minimum absolute atomic E-state index is 0.353. The minimum atomic E-state index is -0.353. The van der Waals surface area contributed by atoms with Crippen molar-refractivity contribution in [3.05, 3.63) is 0 Å². The van der Waals surface area contributed by atoms with Crippen LogP contribution in [0, 0.1) is 0 Å². The molecule has 0 fully saturated rings. The molecule has 0 saturated heterocycles. The third-order valence-electron chi connectivity index (χ3n) is 2.88. The average Bonchev–Trinajstić information content (AvgIpc) is 2.24. The maximum atomic E-state index is 5.68. The smallest absolute Gasteiger partial charge is 0.165 e. The largest absolute Gasteiger partial charge is 0.351 e. The van der Waals surface area contributed by atoms with E-state index >= 15 is 0 Å². The van der Waals surface area contributed by atoms with Crippen LogP contribution in [0.1, 0.15) is 72.6 Å². The van der Waals surface area contributed by atoms with Gasteiger partial charge in [-0.2, -0.15) is 0 Å². The second-order valence-corrected chi connectivity index (χ2v) is 4.52. The normalized spacial score (nSPS) is 12.0. The van der Waals surface area contributed by atoms with Crippen molar-refractivity contribution in [3.63, 3.8) is 0 Å². The summed E-state index contributed by atoms with van der Waals surface area (Å²) >= 11 is 0. The Hall–Kier alpha value is -0.0800. The van der Waals surface area contributed by atoms with Gasteiger partial charge in [0.05, 0.1) is 0 Å². The van der Waals surface area contributed by atoms with Gasteiger partial charge >= 0.3 is 0 Å². The first-order chi connectivity index (χ1) is 7.68. The van der Waals surface area contributed by atoms with Crippen LogP contribution in [-0.4, -0.2) is 19.0 Å². The third-order valence-corrected chi connectivity index (χ3v) is 2.88. The highest BCUT2D eigenvalue weighted by Crippen LogP contribution is 2.21. The van der Waals surface area contributed by atoms with Crippen LogP contribution in [0.15, 0.2) is 0 Å². The lowest BCUT2D eigenvalue weighted by Crippen LogP contribution is -2.32. The van der Waals surface area contributed by atoms with Crippen molar-refractivity contribution in [1.29, 1.82) is 0 Å². The van der Waals surface area contributed by atoms with Crippen molar-refractivity contribution >= 4 is 0 Å². The monoisotopic (exact) mass is 230 g/mol. The maximum absolute atomic E-state index is 5.68. The van der Waals surface area contributed by atoms with Gasteiger partial charge < -0.3 is 9.47 Å². The van der Waals surface area contributed by atoms with E-state index in [2.05, 4.69) is 13.8 Å². The number of hydrogen-bond donors (Lipinski definition) is 0.